The first-order valence-electron chi connectivity index (χ1n) is 7.15. The zero-order valence-corrected chi connectivity index (χ0v) is 13.7. The van der Waals surface area contributed by atoms with Crippen LogP contribution >= 0.6 is 11.8 Å². The molecule has 10 heteroatoms. The fraction of sp³-hybridized carbons (Fsp3) is 0.500. The highest BCUT2D eigenvalue weighted by Gasteiger charge is 2.40. The van der Waals surface area contributed by atoms with E-state index in [0.29, 0.717) is 11.4 Å². The van der Waals surface area contributed by atoms with Crippen LogP contribution in [0.5, 0.6) is 0 Å². The summed E-state index contributed by atoms with van der Waals surface area (Å²) in [5, 5.41) is 8.64. The van der Waals surface area contributed by atoms with Crippen LogP contribution in [0, 0.1) is 0 Å². The summed E-state index contributed by atoms with van der Waals surface area (Å²) in [6.45, 7) is 0. The van der Waals surface area contributed by atoms with E-state index in [1.165, 1.54) is 30.0 Å². The highest BCUT2D eigenvalue weighted by Crippen LogP contribution is 2.39. The van der Waals surface area contributed by atoms with Crippen molar-refractivity contribution in [1.82, 2.24) is 0 Å². The number of carboxylic acid groups (broad SMARTS) is 1. The van der Waals surface area contributed by atoms with Gasteiger partial charge >= 0.3 is 12.1 Å². The minimum Gasteiger partial charge on any atom is -0.480 e. The molecule has 6 nitrogen and oxygen atoms in total. The number of carbonyl (C=O) groups is 1. The van der Waals surface area contributed by atoms with E-state index < -0.39 is 24.1 Å². The Balaban J connectivity index is 2.64. The number of nitrogen functional groups attached to an aromatic ring is 2. The Morgan fingerprint density at radius 3 is 2.42 bits per heavy atom. The number of thioether (sulfide) groups is 1. The normalized spacial score (nSPS) is 14.2. The van der Waals surface area contributed by atoms with E-state index in [-0.39, 0.29) is 29.8 Å². The summed E-state index contributed by atoms with van der Waals surface area (Å²) in [4.78, 5) is 10.6. The largest absolute Gasteiger partial charge is 0.480 e. The number of anilines is 2. The molecule has 0 bridgehead atoms. The predicted octanol–water partition coefficient (Wildman–Crippen LogP) is 2.13. The molecule has 0 aliphatic carbocycles. The second-order valence-corrected chi connectivity index (χ2v) is 6.44. The molecule has 0 aromatic heterocycles. The summed E-state index contributed by atoms with van der Waals surface area (Å²) in [5.41, 5.74) is 13.9. The van der Waals surface area contributed by atoms with Gasteiger partial charge in [0.15, 0.2) is 0 Å². The molecule has 0 saturated heterocycles. The Morgan fingerprint density at radius 2 is 1.92 bits per heavy atom. The molecule has 136 valence electrons. The number of nitrogens with one attached hydrogen (secondary N) is 1. The third-order valence-corrected chi connectivity index (χ3v) is 4.52. The number of hydrogen-bond donors (Lipinski definition) is 5. The van der Waals surface area contributed by atoms with Gasteiger partial charge in [-0.25, -0.2) is 0 Å². The zero-order valence-electron chi connectivity index (χ0n) is 12.8. The number of nitrogens with two attached hydrogens (primary N) is 3. The summed E-state index contributed by atoms with van der Waals surface area (Å²) in [7, 11) is 0. The number of halogens is 3. The quantitative estimate of drug-likeness (QED) is 0.196. The highest BCUT2D eigenvalue weighted by atomic mass is 32.2. The van der Waals surface area contributed by atoms with Crippen LogP contribution in [0.3, 0.4) is 0 Å². The third-order valence-electron chi connectivity index (χ3n) is 3.47. The van der Waals surface area contributed by atoms with Crippen LogP contribution in [0.4, 0.5) is 24.5 Å². The van der Waals surface area contributed by atoms with E-state index in [2.05, 4.69) is 5.43 Å². The number of hydrazine groups is 1. The number of aliphatic carboxylic acids is 1. The fourth-order valence-corrected chi connectivity index (χ4v) is 3.11. The van der Waals surface area contributed by atoms with Gasteiger partial charge in [0.25, 0.3) is 0 Å². The topological polar surface area (TPSA) is 127 Å². The molecule has 2 atom stereocenters. The molecule has 2 unspecified atom stereocenters. The minimum absolute atomic E-state index is 0.0711. The standard InChI is InChI=1S/C14H21F3N4O2S/c15-14(16,17)9(3-5-24-6-4-10(18)13(22)23)8-1-2-12(21-20)11(19)7-8/h1-2,7,9-10,21H,3-6,18-20H2,(H,22,23). The fourth-order valence-electron chi connectivity index (χ4n) is 2.09. The summed E-state index contributed by atoms with van der Waals surface area (Å²) in [5.74, 6) is 3.07. The van der Waals surface area contributed by atoms with Crippen LogP contribution in [0.25, 0.3) is 0 Å². The van der Waals surface area contributed by atoms with E-state index >= 15 is 0 Å². The molecule has 0 aliphatic heterocycles. The summed E-state index contributed by atoms with van der Waals surface area (Å²) >= 11 is 1.24. The smallest absolute Gasteiger partial charge is 0.395 e. The number of alkyl halides is 3. The lowest BCUT2D eigenvalue weighted by Crippen LogP contribution is -2.30. The van der Waals surface area contributed by atoms with Crippen molar-refractivity contribution in [2.75, 3.05) is 22.7 Å². The van der Waals surface area contributed by atoms with Gasteiger partial charge in [0.05, 0.1) is 17.3 Å². The molecule has 0 saturated carbocycles. The van der Waals surface area contributed by atoms with Gasteiger partial charge in [0.1, 0.15) is 6.04 Å². The average molecular weight is 366 g/mol. The number of benzene rings is 1. The number of carboxylic acids is 1. The molecule has 0 spiro atoms. The van der Waals surface area contributed by atoms with E-state index in [1.54, 1.807) is 0 Å². The van der Waals surface area contributed by atoms with Gasteiger partial charge in [-0.1, -0.05) is 6.07 Å². The molecule has 0 radical (unpaired) electrons. The maximum Gasteiger partial charge on any atom is 0.395 e. The first kappa shape index (κ1) is 20.4. The van der Waals surface area contributed by atoms with E-state index in [0.717, 1.165) is 0 Å². The van der Waals surface area contributed by atoms with E-state index in [9.17, 15) is 18.0 Å². The second-order valence-electron chi connectivity index (χ2n) is 5.22. The van der Waals surface area contributed by atoms with Crippen molar-refractivity contribution < 1.29 is 23.1 Å². The summed E-state index contributed by atoms with van der Waals surface area (Å²) < 4.78 is 39.8. The van der Waals surface area contributed by atoms with Crippen molar-refractivity contribution >= 4 is 29.1 Å². The molecule has 1 rings (SSSR count). The lowest BCUT2D eigenvalue weighted by molar-refractivity contribution is -0.150. The minimum atomic E-state index is -4.40. The van der Waals surface area contributed by atoms with Crippen LogP contribution in [-0.4, -0.2) is 34.8 Å². The molecular weight excluding hydrogens is 345 g/mol. The van der Waals surface area contributed by atoms with Crippen molar-refractivity contribution in [3.63, 3.8) is 0 Å². The van der Waals surface area contributed by atoms with Crippen molar-refractivity contribution in [1.29, 1.82) is 0 Å². The van der Waals surface area contributed by atoms with Gasteiger partial charge in [-0.05, 0) is 42.0 Å². The van der Waals surface area contributed by atoms with Crippen LogP contribution in [0.1, 0.15) is 24.3 Å². The molecule has 0 amide bonds. The molecule has 0 aliphatic rings. The SMILES string of the molecule is NNc1ccc(C(CCSCCC(N)C(=O)O)C(F)(F)F)cc1N. The number of hydrogen-bond acceptors (Lipinski definition) is 6. The predicted molar refractivity (Wildman–Crippen MR) is 89.6 cm³/mol. The van der Waals surface area contributed by atoms with Gasteiger partial charge in [-0.2, -0.15) is 24.9 Å². The van der Waals surface area contributed by atoms with Crippen molar-refractivity contribution in [3.05, 3.63) is 23.8 Å². The van der Waals surface area contributed by atoms with Crippen molar-refractivity contribution in [3.8, 4) is 0 Å². The molecule has 1 aromatic carbocycles. The van der Waals surface area contributed by atoms with Gasteiger partial charge < -0.3 is 22.0 Å². The summed E-state index contributed by atoms with van der Waals surface area (Å²) in [6, 6.07) is 3.02. The van der Waals surface area contributed by atoms with E-state index in [1.807, 2.05) is 0 Å². The van der Waals surface area contributed by atoms with Crippen LogP contribution in [0.15, 0.2) is 18.2 Å². The van der Waals surface area contributed by atoms with Crippen molar-refractivity contribution in [2.24, 2.45) is 11.6 Å². The number of rotatable bonds is 9. The highest BCUT2D eigenvalue weighted by molar-refractivity contribution is 7.99. The summed E-state index contributed by atoms with van der Waals surface area (Å²) in [6.07, 6.45) is -4.33. The van der Waals surface area contributed by atoms with Gasteiger partial charge in [-0.3, -0.25) is 10.6 Å². The first-order chi connectivity index (χ1) is 11.2. The van der Waals surface area contributed by atoms with Gasteiger partial charge in [-0.15, -0.1) is 0 Å². The molecule has 0 fully saturated rings. The average Bonchev–Trinajstić information content (AvgIpc) is 2.49. The second kappa shape index (κ2) is 9.00. The Kier molecular flexibility index (Phi) is 7.64. The van der Waals surface area contributed by atoms with Gasteiger partial charge in [0, 0.05) is 0 Å². The van der Waals surface area contributed by atoms with Crippen LogP contribution in [0.2, 0.25) is 0 Å². The Hall–Kier alpha value is -1.65. The van der Waals surface area contributed by atoms with Gasteiger partial charge in [0.2, 0.25) is 0 Å². The third kappa shape index (κ3) is 6.10. The first-order valence-corrected chi connectivity index (χ1v) is 8.31. The monoisotopic (exact) mass is 366 g/mol. The van der Waals surface area contributed by atoms with Crippen LogP contribution < -0.4 is 22.7 Å². The zero-order chi connectivity index (χ0) is 18.3. The molecular formula is C14H21F3N4O2S. The molecule has 0 heterocycles. The van der Waals surface area contributed by atoms with Crippen molar-refractivity contribution in [2.45, 2.75) is 31.0 Å². The Morgan fingerprint density at radius 1 is 1.29 bits per heavy atom. The maximum absolute atomic E-state index is 13.3. The Labute approximate surface area is 141 Å². The Bertz CT molecular complexity index is 557. The molecule has 24 heavy (non-hydrogen) atoms. The molecule has 8 N–H and O–H groups in total. The lowest BCUT2D eigenvalue weighted by Gasteiger charge is -2.21. The maximum atomic E-state index is 13.3. The lowest BCUT2D eigenvalue weighted by atomic mass is 9.95. The molecule has 1 aromatic rings. The van der Waals surface area contributed by atoms with E-state index in [4.69, 9.17) is 22.4 Å². The van der Waals surface area contributed by atoms with Crippen LogP contribution in [-0.2, 0) is 4.79 Å².